The number of hydrogen-bond acceptors (Lipinski definition) is 6. The van der Waals surface area contributed by atoms with Crippen LogP contribution >= 0.6 is 50.6 Å². The fourth-order valence-corrected chi connectivity index (χ4v) is 3.80. The molecule has 0 fully saturated rings. The average Bonchev–Trinajstić information content (AvgIpc) is 2.85. The topological polar surface area (TPSA) is 64.1 Å². The van der Waals surface area contributed by atoms with Crippen molar-refractivity contribution in [3.05, 3.63) is 27.7 Å². The summed E-state index contributed by atoms with van der Waals surface area (Å²) in [5.74, 6) is 1.17. The Morgan fingerprint density at radius 3 is 3.05 bits per heavy atom. The van der Waals surface area contributed by atoms with Gasteiger partial charge >= 0.3 is 0 Å². The van der Waals surface area contributed by atoms with E-state index in [4.69, 9.17) is 16.3 Å². The second kappa shape index (κ2) is 7.98. The molecule has 0 aliphatic heterocycles. The van der Waals surface area contributed by atoms with E-state index in [9.17, 15) is 4.79 Å². The largest absolute Gasteiger partial charge is 0.483 e. The summed E-state index contributed by atoms with van der Waals surface area (Å²) in [6.45, 7) is 1.91. The van der Waals surface area contributed by atoms with Crippen LogP contribution in [0.25, 0.3) is 0 Å². The van der Waals surface area contributed by atoms with Gasteiger partial charge in [-0.2, -0.15) is 0 Å². The van der Waals surface area contributed by atoms with Crippen LogP contribution in [0, 0.1) is 0 Å². The number of rotatable bonds is 6. The highest BCUT2D eigenvalue weighted by Crippen LogP contribution is 2.28. The normalized spacial score (nSPS) is 10.4. The lowest BCUT2D eigenvalue weighted by Gasteiger charge is -2.07. The zero-order valence-electron chi connectivity index (χ0n) is 10.9. The fourth-order valence-electron chi connectivity index (χ4n) is 1.33. The molecule has 1 aromatic heterocycles. The Kier molecular flexibility index (Phi) is 6.28. The quantitative estimate of drug-likeness (QED) is 0.576. The third kappa shape index (κ3) is 5.14. The molecule has 0 spiro atoms. The van der Waals surface area contributed by atoms with Crippen molar-refractivity contribution in [2.24, 2.45) is 0 Å². The van der Waals surface area contributed by atoms with Crippen molar-refractivity contribution in [2.75, 3.05) is 17.7 Å². The molecular formula is C12H11BrClN3O2S2. The highest BCUT2D eigenvalue weighted by Gasteiger charge is 2.10. The summed E-state index contributed by atoms with van der Waals surface area (Å²) in [5.41, 5.74) is 0. The molecule has 1 amide bonds. The third-order valence-electron chi connectivity index (χ3n) is 2.17. The van der Waals surface area contributed by atoms with E-state index in [2.05, 4.69) is 31.4 Å². The maximum absolute atomic E-state index is 11.8. The summed E-state index contributed by atoms with van der Waals surface area (Å²) in [7, 11) is 0. The van der Waals surface area contributed by atoms with E-state index in [1.807, 2.05) is 6.92 Å². The monoisotopic (exact) mass is 407 g/mol. The zero-order valence-corrected chi connectivity index (χ0v) is 14.9. The minimum atomic E-state index is -0.291. The summed E-state index contributed by atoms with van der Waals surface area (Å²) >= 11 is 12.1. The molecule has 21 heavy (non-hydrogen) atoms. The van der Waals surface area contributed by atoms with E-state index in [-0.39, 0.29) is 12.5 Å². The molecule has 0 unspecified atom stereocenters. The van der Waals surface area contributed by atoms with Crippen LogP contribution in [0.15, 0.2) is 27.0 Å². The molecule has 1 N–H and O–H groups in total. The van der Waals surface area contributed by atoms with Crippen molar-refractivity contribution in [1.82, 2.24) is 10.2 Å². The Bertz CT molecular complexity index is 639. The molecule has 1 aromatic carbocycles. The molecule has 0 atom stereocenters. The van der Waals surface area contributed by atoms with Gasteiger partial charge in [-0.25, -0.2) is 0 Å². The minimum Gasteiger partial charge on any atom is -0.483 e. The van der Waals surface area contributed by atoms with Crippen LogP contribution < -0.4 is 10.1 Å². The van der Waals surface area contributed by atoms with Crippen LogP contribution in [0.1, 0.15) is 6.92 Å². The van der Waals surface area contributed by atoms with Gasteiger partial charge in [-0.1, -0.05) is 41.6 Å². The zero-order chi connectivity index (χ0) is 15.2. The predicted molar refractivity (Wildman–Crippen MR) is 89.6 cm³/mol. The minimum absolute atomic E-state index is 0.115. The molecule has 0 saturated heterocycles. The molecule has 0 radical (unpaired) electrons. The molecule has 9 heteroatoms. The summed E-state index contributed by atoms with van der Waals surface area (Å²) < 4.78 is 6.94. The van der Waals surface area contributed by atoms with Gasteiger partial charge in [-0.05, 0) is 39.9 Å². The predicted octanol–water partition coefficient (Wildman–Crippen LogP) is 4.08. The van der Waals surface area contributed by atoms with E-state index in [0.717, 1.165) is 10.1 Å². The first-order valence-corrected chi connectivity index (χ1v) is 8.89. The molecule has 0 aliphatic rings. The van der Waals surface area contributed by atoms with Gasteiger partial charge in [0.15, 0.2) is 10.9 Å². The van der Waals surface area contributed by atoms with Gasteiger partial charge in [0.25, 0.3) is 5.91 Å². The Morgan fingerprint density at radius 2 is 2.33 bits per heavy atom. The molecule has 1 heterocycles. The van der Waals surface area contributed by atoms with E-state index in [0.29, 0.717) is 20.4 Å². The first-order chi connectivity index (χ1) is 10.1. The van der Waals surface area contributed by atoms with E-state index in [1.54, 1.807) is 30.0 Å². The SMILES string of the molecule is CCSc1nnc(NC(=O)COc2ccc(Cl)cc2Br)s1. The van der Waals surface area contributed by atoms with Crippen molar-refractivity contribution in [3.63, 3.8) is 0 Å². The molecule has 0 bridgehead atoms. The smallest absolute Gasteiger partial charge is 0.264 e. The lowest BCUT2D eigenvalue weighted by molar-refractivity contribution is -0.118. The number of thioether (sulfide) groups is 1. The molecule has 2 aromatic rings. The number of carbonyl (C=O) groups excluding carboxylic acids is 1. The van der Waals surface area contributed by atoms with Crippen molar-refractivity contribution < 1.29 is 9.53 Å². The van der Waals surface area contributed by atoms with E-state index in [1.165, 1.54) is 11.3 Å². The molecule has 2 rings (SSSR count). The van der Waals surface area contributed by atoms with E-state index < -0.39 is 0 Å². The van der Waals surface area contributed by atoms with Crippen molar-refractivity contribution in [3.8, 4) is 5.75 Å². The molecule has 112 valence electrons. The van der Waals surface area contributed by atoms with Gasteiger partial charge in [0.2, 0.25) is 5.13 Å². The standard InChI is InChI=1S/C12H11BrClN3O2S2/c1-2-20-12-17-16-11(21-12)15-10(18)6-19-9-4-3-7(14)5-8(9)13/h3-5H,2,6H2,1H3,(H,15,16,18). The lowest BCUT2D eigenvalue weighted by Crippen LogP contribution is -2.20. The Hall–Kier alpha value is -0.830. The van der Waals surface area contributed by atoms with E-state index >= 15 is 0 Å². The summed E-state index contributed by atoms with van der Waals surface area (Å²) in [6, 6.07) is 5.09. The number of nitrogens with zero attached hydrogens (tertiary/aromatic N) is 2. The maximum atomic E-state index is 11.8. The number of anilines is 1. The Labute approximate surface area is 143 Å². The van der Waals surface area contributed by atoms with Crippen molar-refractivity contribution in [1.29, 1.82) is 0 Å². The highest BCUT2D eigenvalue weighted by atomic mass is 79.9. The third-order valence-corrected chi connectivity index (χ3v) is 4.88. The second-order valence-corrected chi connectivity index (χ2v) is 7.50. The molecule has 0 aliphatic carbocycles. The number of ether oxygens (including phenoxy) is 1. The van der Waals surface area contributed by atoms with Crippen molar-refractivity contribution >= 4 is 61.7 Å². The first-order valence-electron chi connectivity index (χ1n) is 5.92. The van der Waals surface area contributed by atoms with Crippen LogP contribution in [-0.4, -0.2) is 28.5 Å². The van der Waals surface area contributed by atoms with Crippen LogP contribution in [0.5, 0.6) is 5.75 Å². The molecule has 5 nitrogen and oxygen atoms in total. The number of benzene rings is 1. The number of amides is 1. The van der Waals surface area contributed by atoms with Gasteiger partial charge in [0.05, 0.1) is 4.47 Å². The lowest BCUT2D eigenvalue weighted by atomic mass is 10.3. The highest BCUT2D eigenvalue weighted by molar-refractivity contribution is 9.10. The number of halogens is 2. The van der Waals surface area contributed by atoms with Gasteiger partial charge < -0.3 is 4.74 Å². The molecule has 0 saturated carbocycles. The van der Waals surface area contributed by atoms with Gasteiger partial charge in [0.1, 0.15) is 5.75 Å². The average molecular weight is 409 g/mol. The number of carbonyl (C=O) groups is 1. The van der Waals surface area contributed by atoms with Crippen LogP contribution in [0.2, 0.25) is 5.02 Å². The second-order valence-electron chi connectivity index (χ2n) is 3.72. The van der Waals surface area contributed by atoms with Crippen LogP contribution in [-0.2, 0) is 4.79 Å². The van der Waals surface area contributed by atoms with Crippen LogP contribution in [0.4, 0.5) is 5.13 Å². The Balaban J connectivity index is 1.86. The first kappa shape index (κ1) is 16.5. The van der Waals surface area contributed by atoms with Gasteiger partial charge in [-0.3, -0.25) is 10.1 Å². The number of hydrogen-bond donors (Lipinski definition) is 1. The summed E-state index contributed by atoms with van der Waals surface area (Å²) in [6.07, 6.45) is 0. The van der Waals surface area contributed by atoms with Gasteiger partial charge in [-0.15, -0.1) is 10.2 Å². The summed E-state index contributed by atoms with van der Waals surface area (Å²) in [5, 5.41) is 11.6. The fraction of sp³-hybridized carbons (Fsp3) is 0.250. The number of aromatic nitrogens is 2. The number of nitrogens with one attached hydrogen (secondary N) is 1. The summed E-state index contributed by atoms with van der Waals surface area (Å²) in [4.78, 5) is 11.8. The molecular weight excluding hydrogens is 398 g/mol. The maximum Gasteiger partial charge on any atom is 0.264 e. The van der Waals surface area contributed by atoms with Gasteiger partial charge in [0, 0.05) is 5.02 Å². The van der Waals surface area contributed by atoms with Crippen molar-refractivity contribution in [2.45, 2.75) is 11.3 Å². The Morgan fingerprint density at radius 1 is 1.52 bits per heavy atom. The van der Waals surface area contributed by atoms with Crippen LogP contribution in [0.3, 0.4) is 0 Å².